The first-order chi connectivity index (χ1) is 16.2. The number of ether oxygens (including phenoxy) is 1. The van der Waals surface area contributed by atoms with E-state index in [4.69, 9.17) is 0 Å². The monoisotopic (exact) mass is 529 g/mol. The second-order valence-electron chi connectivity index (χ2n) is 8.45. The van der Waals surface area contributed by atoms with Gasteiger partial charge in [0.2, 0.25) is 0 Å². The second-order valence-corrected chi connectivity index (χ2v) is 9.37. The van der Waals surface area contributed by atoms with Gasteiger partial charge in [0.25, 0.3) is 0 Å². The summed E-state index contributed by atoms with van der Waals surface area (Å²) in [6.07, 6.45) is 1.23. The zero-order valence-electron chi connectivity index (χ0n) is 19.4. The third-order valence-electron chi connectivity index (χ3n) is 5.51. The van der Waals surface area contributed by atoms with Gasteiger partial charge in [0.05, 0.1) is 31.4 Å². The molecule has 2 aromatic carbocycles. The maximum Gasteiger partial charge on any atom is 0.308 e. The topological polar surface area (TPSA) is 71.7 Å². The summed E-state index contributed by atoms with van der Waals surface area (Å²) in [6, 6.07) is 16.4. The number of halogens is 2. The number of aliphatic hydroxyl groups is 2. The molecule has 3 aromatic rings. The molecule has 5 nitrogen and oxygen atoms in total. The van der Waals surface area contributed by atoms with Crippen LogP contribution in [0.1, 0.15) is 38.3 Å². The Morgan fingerprint density at radius 3 is 2.44 bits per heavy atom. The highest BCUT2D eigenvalue weighted by molar-refractivity contribution is 9.10. The number of nitrogens with zero attached hydrogens (tertiary/aromatic N) is 1. The summed E-state index contributed by atoms with van der Waals surface area (Å²) in [5.74, 6) is -0.673. The van der Waals surface area contributed by atoms with E-state index in [1.165, 1.54) is 19.2 Å². The van der Waals surface area contributed by atoms with E-state index >= 15 is 0 Å². The number of esters is 1. The number of hydrogen-bond donors (Lipinski definition) is 2. The Kier molecular flexibility index (Phi) is 8.83. The van der Waals surface area contributed by atoms with Gasteiger partial charge in [-0.05, 0) is 47.9 Å². The van der Waals surface area contributed by atoms with Crippen molar-refractivity contribution in [1.82, 2.24) is 4.57 Å². The number of rotatable bonds is 9. The van der Waals surface area contributed by atoms with Crippen LogP contribution in [0.2, 0.25) is 0 Å². The number of aliphatic hydroxyl groups excluding tert-OH is 2. The molecule has 0 saturated carbocycles. The van der Waals surface area contributed by atoms with E-state index in [0.717, 1.165) is 32.6 Å². The van der Waals surface area contributed by atoms with E-state index in [2.05, 4.69) is 40.6 Å². The first-order valence-electron chi connectivity index (χ1n) is 11.1. The Labute approximate surface area is 207 Å². The van der Waals surface area contributed by atoms with Crippen molar-refractivity contribution in [2.75, 3.05) is 7.11 Å². The molecular formula is C27H29BrFNO4. The van der Waals surface area contributed by atoms with Crippen LogP contribution in [0.4, 0.5) is 4.39 Å². The van der Waals surface area contributed by atoms with E-state index in [9.17, 15) is 19.4 Å². The number of carbonyl (C=O) groups excluding carboxylic acids is 1. The van der Waals surface area contributed by atoms with E-state index in [-0.39, 0.29) is 24.6 Å². The molecule has 0 bridgehead atoms. The van der Waals surface area contributed by atoms with Crippen LogP contribution in [-0.4, -0.2) is 40.1 Å². The van der Waals surface area contributed by atoms with Crippen LogP contribution in [0, 0.1) is 5.82 Å². The predicted molar refractivity (Wildman–Crippen MR) is 136 cm³/mol. The average molecular weight is 530 g/mol. The lowest BCUT2D eigenvalue weighted by molar-refractivity contribution is -0.143. The molecule has 0 saturated heterocycles. The lowest BCUT2D eigenvalue weighted by atomic mass is 10.0. The Hall–Kier alpha value is -2.74. The Balaban J connectivity index is 2.07. The highest BCUT2D eigenvalue weighted by Crippen LogP contribution is 2.38. The minimum absolute atomic E-state index is 0.000911. The number of aromatic nitrogens is 1. The lowest BCUT2D eigenvalue weighted by Crippen LogP contribution is -2.20. The minimum atomic E-state index is -1.01. The summed E-state index contributed by atoms with van der Waals surface area (Å²) < 4.78 is 21.1. The largest absolute Gasteiger partial charge is 0.469 e. The quantitative estimate of drug-likeness (QED) is 0.334. The molecule has 7 heteroatoms. The first kappa shape index (κ1) is 25.9. The van der Waals surface area contributed by atoms with Gasteiger partial charge in [0.15, 0.2) is 0 Å². The molecule has 3 rings (SSSR count). The molecule has 34 heavy (non-hydrogen) atoms. The molecule has 0 radical (unpaired) electrons. The second kappa shape index (κ2) is 11.6. The Morgan fingerprint density at radius 2 is 1.82 bits per heavy atom. The molecular weight excluding hydrogens is 501 g/mol. The SMILES string of the molecule is COC(=O)C[C@H](O)C[C@H](O)/C=C/n1c(C(C)C)cc(-c2ccc(F)cc2)c1-c1cccc(Br)c1. The maximum absolute atomic E-state index is 13.6. The lowest BCUT2D eigenvalue weighted by Gasteiger charge is -2.15. The molecule has 0 fully saturated rings. The van der Waals surface area contributed by atoms with Crippen molar-refractivity contribution in [3.8, 4) is 22.4 Å². The van der Waals surface area contributed by atoms with Gasteiger partial charge in [-0.1, -0.05) is 54.0 Å². The van der Waals surface area contributed by atoms with E-state index in [1.807, 2.05) is 28.8 Å². The molecule has 1 heterocycles. The molecule has 2 N–H and O–H groups in total. The van der Waals surface area contributed by atoms with Crippen LogP contribution in [0.5, 0.6) is 0 Å². The Bertz CT molecular complexity index is 1150. The molecule has 0 aliphatic carbocycles. The normalized spacial score (nSPS) is 13.4. The smallest absolute Gasteiger partial charge is 0.308 e. The molecule has 0 aliphatic heterocycles. The van der Waals surface area contributed by atoms with Gasteiger partial charge < -0.3 is 19.5 Å². The zero-order valence-corrected chi connectivity index (χ0v) is 21.0. The van der Waals surface area contributed by atoms with Crippen LogP contribution in [-0.2, 0) is 9.53 Å². The first-order valence-corrected chi connectivity index (χ1v) is 11.9. The van der Waals surface area contributed by atoms with Crippen LogP contribution in [0.15, 0.2) is 65.1 Å². The summed E-state index contributed by atoms with van der Waals surface area (Å²) in [6.45, 7) is 4.16. The molecule has 0 spiro atoms. The van der Waals surface area contributed by atoms with Crippen LogP contribution in [0.25, 0.3) is 28.6 Å². The van der Waals surface area contributed by atoms with Crippen molar-refractivity contribution in [2.45, 2.75) is 44.8 Å². The van der Waals surface area contributed by atoms with Gasteiger partial charge >= 0.3 is 5.97 Å². The van der Waals surface area contributed by atoms with Crippen molar-refractivity contribution in [2.24, 2.45) is 0 Å². The third kappa shape index (κ3) is 6.44. The fraction of sp³-hybridized carbons (Fsp3) is 0.296. The van der Waals surface area contributed by atoms with Crippen LogP contribution >= 0.6 is 15.9 Å². The molecule has 180 valence electrons. The zero-order chi connectivity index (χ0) is 24.8. The van der Waals surface area contributed by atoms with Crippen molar-refractivity contribution in [3.05, 3.63) is 76.7 Å². The fourth-order valence-corrected chi connectivity index (χ4v) is 4.23. The average Bonchev–Trinajstić information content (AvgIpc) is 3.17. The van der Waals surface area contributed by atoms with Crippen molar-refractivity contribution in [3.63, 3.8) is 0 Å². The van der Waals surface area contributed by atoms with Gasteiger partial charge in [-0.15, -0.1) is 0 Å². The summed E-state index contributed by atoms with van der Waals surface area (Å²) in [7, 11) is 1.26. The van der Waals surface area contributed by atoms with Crippen molar-refractivity contribution < 1.29 is 24.1 Å². The summed E-state index contributed by atoms with van der Waals surface area (Å²) in [4.78, 5) is 11.4. The van der Waals surface area contributed by atoms with Crippen LogP contribution < -0.4 is 0 Å². The van der Waals surface area contributed by atoms with Gasteiger partial charge in [0, 0.05) is 33.9 Å². The van der Waals surface area contributed by atoms with Gasteiger partial charge in [-0.25, -0.2) is 4.39 Å². The molecule has 0 aliphatic rings. The molecule has 2 atom stereocenters. The van der Waals surface area contributed by atoms with Gasteiger partial charge in [0.1, 0.15) is 5.82 Å². The van der Waals surface area contributed by atoms with Crippen molar-refractivity contribution >= 4 is 28.1 Å². The summed E-state index contributed by atoms with van der Waals surface area (Å²) >= 11 is 3.54. The Morgan fingerprint density at radius 1 is 1.12 bits per heavy atom. The highest BCUT2D eigenvalue weighted by atomic mass is 79.9. The third-order valence-corrected chi connectivity index (χ3v) is 6.01. The summed E-state index contributed by atoms with van der Waals surface area (Å²) in [5, 5.41) is 20.6. The number of methoxy groups -OCH3 is 1. The standard InChI is InChI=1S/C27H29BrFNO4/c1-17(2)25-16-24(18-7-9-21(29)10-8-18)27(19-5-4-6-20(28)13-19)30(25)12-11-22(31)14-23(32)15-26(33)34-3/h4-13,16-17,22-23,31-32H,14-15H2,1-3H3/b12-11+/t22-,23-/m1/s1. The molecule has 1 aromatic heterocycles. The summed E-state index contributed by atoms with van der Waals surface area (Å²) in [5.41, 5.74) is 4.67. The molecule has 0 amide bonds. The van der Waals surface area contributed by atoms with E-state index < -0.39 is 18.2 Å². The maximum atomic E-state index is 13.6. The van der Waals surface area contributed by atoms with Crippen molar-refractivity contribution in [1.29, 1.82) is 0 Å². The fourth-order valence-electron chi connectivity index (χ4n) is 3.83. The predicted octanol–water partition coefficient (Wildman–Crippen LogP) is 5.99. The van der Waals surface area contributed by atoms with Gasteiger partial charge in [-0.2, -0.15) is 0 Å². The number of hydrogen-bond acceptors (Lipinski definition) is 4. The number of carbonyl (C=O) groups is 1. The van der Waals surface area contributed by atoms with E-state index in [0.29, 0.717) is 0 Å². The van der Waals surface area contributed by atoms with Gasteiger partial charge in [-0.3, -0.25) is 4.79 Å². The van der Waals surface area contributed by atoms with E-state index in [1.54, 1.807) is 24.4 Å². The number of benzene rings is 2. The van der Waals surface area contributed by atoms with Crippen LogP contribution in [0.3, 0.4) is 0 Å². The molecule has 0 unspecified atom stereocenters. The highest BCUT2D eigenvalue weighted by Gasteiger charge is 2.20. The minimum Gasteiger partial charge on any atom is -0.469 e.